The van der Waals surface area contributed by atoms with Gasteiger partial charge in [-0.3, -0.25) is 4.79 Å². The second-order valence-electron chi connectivity index (χ2n) is 6.22. The van der Waals surface area contributed by atoms with Crippen LogP contribution in [0.5, 0.6) is 5.75 Å². The minimum absolute atomic E-state index is 0.282. The largest absolute Gasteiger partial charge is 0.496 e. The number of aromatic nitrogens is 2. The normalized spacial score (nSPS) is 10.4. The summed E-state index contributed by atoms with van der Waals surface area (Å²) in [5.74, 6) is 1.45. The Morgan fingerprint density at radius 3 is 2.68 bits per heavy atom. The van der Waals surface area contributed by atoms with Crippen LogP contribution >= 0.6 is 11.6 Å². The molecule has 1 aromatic heterocycles. The minimum atomic E-state index is -0.290. The van der Waals surface area contributed by atoms with Gasteiger partial charge in [-0.25, -0.2) is 9.97 Å². The summed E-state index contributed by atoms with van der Waals surface area (Å²) in [6.07, 6.45) is 0. The molecule has 0 bridgehead atoms. The van der Waals surface area contributed by atoms with Crippen molar-refractivity contribution in [1.29, 1.82) is 0 Å². The van der Waals surface area contributed by atoms with Crippen LogP contribution in [0.4, 0.5) is 11.5 Å². The number of para-hydroxylation sites is 1. The second-order valence-corrected chi connectivity index (χ2v) is 6.62. The Kier molecular flexibility index (Phi) is 6.11. The molecule has 0 fully saturated rings. The van der Waals surface area contributed by atoms with Gasteiger partial charge in [-0.1, -0.05) is 35.9 Å². The van der Waals surface area contributed by atoms with Crippen LogP contribution in [0.15, 0.2) is 48.5 Å². The maximum Gasteiger partial charge on any atom is 0.270 e. The SMILES string of the molecule is COc1ccccc1CNC(=O)c1cc(Nc2cccc(Cl)c2C)nc(C)n1. The monoisotopic (exact) mass is 396 g/mol. The number of hydrogen-bond acceptors (Lipinski definition) is 5. The van der Waals surface area contributed by atoms with Gasteiger partial charge in [-0.2, -0.15) is 0 Å². The topological polar surface area (TPSA) is 76.1 Å². The van der Waals surface area contributed by atoms with Crippen molar-refractivity contribution in [2.75, 3.05) is 12.4 Å². The zero-order chi connectivity index (χ0) is 20.1. The second kappa shape index (κ2) is 8.71. The van der Waals surface area contributed by atoms with Gasteiger partial charge in [0, 0.05) is 28.9 Å². The molecule has 0 saturated heterocycles. The molecule has 28 heavy (non-hydrogen) atoms. The molecule has 0 aliphatic carbocycles. The standard InChI is InChI=1S/C21H21ClN4O2/c1-13-16(22)8-6-9-17(13)26-20-11-18(24-14(2)25-20)21(27)23-12-15-7-4-5-10-19(15)28-3/h4-11H,12H2,1-3H3,(H,23,27)(H,24,25,26). The number of aryl methyl sites for hydroxylation is 1. The number of carbonyl (C=O) groups excluding carboxylic acids is 1. The van der Waals surface area contributed by atoms with Crippen LogP contribution in [0.2, 0.25) is 5.02 Å². The zero-order valence-corrected chi connectivity index (χ0v) is 16.7. The quantitative estimate of drug-likeness (QED) is 0.644. The molecule has 0 spiro atoms. The summed E-state index contributed by atoms with van der Waals surface area (Å²) in [4.78, 5) is 21.2. The summed E-state index contributed by atoms with van der Waals surface area (Å²) in [6, 6.07) is 14.7. The Hall–Kier alpha value is -3.12. The Balaban J connectivity index is 1.77. The fourth-order valence-electron chi connectivity index (χ4n) is 2.74. The van der Waals surface area contributed by atoms with E-state index in [4.69, 9.17) is 16.3 Å². The van der Waals surface area contributed by atoms with Gasteiger partial charge in [-0.05, 0) is 37.6 Å². The first-order valence-electron chi connectivity index (χ1n) is 8.76. The summed E-state index contributed by atoms with van der Waals surface area (Å²) in [7, 11) is 1.60. The summed E-state index contributed by atoms with van der Waals surface area (Å²) in [6.45, 7) is 3.99. The van der Waals surface area contributed by atoms with Crippen LogP contribution in [-0.4, -0.2) is 23.0 Å². The van der Waals surface area contributed by atoms with Gasteiger partial charge in [-0.15, -0.1) is 0 Å². The smallest absolute Gasteiger partial charge is 0.270 e. The average molecular weight is 397 g/mol. The summed E-state index contributed by atoms with van der Waals surface area (Å²) < 4.78 is 5.31. The van der Waals surface area contributed by atoms with E-state index in [1.807, 2.05) is 49.4 Å². The number of benzene rings is 2. The van der Waals surface area contributed by atoms with Crippen molar-refractivity contribution in [3.63, 3.8) is 0 Å². The lowest BCUT2D eigenvalue weighted by Gasteiger charge is -2.12. The van der Waals surface area contributed by atoms with Gasteiger partial charge in [0.15, 0.2) is 0 Å². The van der Waals surface area contributed by atoms with Crippen molar-refractivity contribution in [1.82, 2.24) is 15.3 Å². The molecule has 2 N–H and O–H groups in total. The third kappa shape index (κ3) is 4.58. The van der Waals surface area contributed by atoms with Crippen molar-refractivity contribution in [3.05, 3.63) is 76.2 Å². The van der Waals surface area contributed by atoms with Crippen molar-refractivity contribution >= 4 is 29.0 Å². The zero-order valence-electron chi connectivity index (χ0n) is 15.9. The number of methoxy groups -OCH3 is 1. The molecule has 6 nitrogen and oxygen atoms in total. The predicted molar refractivity (Wildman–Crippen MR) is 110 cm³/mol. The van der Waals surface area contributed by atoms with Crippen molar-refractivity contribution < 1.29 is 9.53 Å². The van der Waals surface area contributed by atoms with Gasteiger partial charge in [0.2, 0.25) is 0 Å². The number of halogens is 1. The molecule has 0 unspecified atom stereocenters. The van der Waals surface area contributed by atoms with Crippen molar-refractivity contribution in [3.8, 4) is 5.75 Å². The van der Waals surface area contributed by atoms with E-state index in [-0.39, 0.29) is 11.6 Å². The molecule has 0 radical (unpaired) electrons. The molecule has 3 rings (SSSR count). The highest BCUT2D eigenvalue weighted by Gasteiger charge is 2.12. The van der Waals surface area contributed by atoms with Crippen LogP contribution in [0, 0.1) is 13.8 Å². The van der Waals surface area contributed by atoms with Crippen molar-refractivity contribution in [2.45, 2.75) is 20.4 Å². The van der Waals surface area contributed by atoms with Crippen LogP contribution < -0.4 is 15.4 Å². The van der Waals surface area contributed by atoms with E-state index in [0.717, 1.165) is 22.6 Å². The number of amides is 1. The molecule has 144 valence electrons. The molecule has 3 aromatic rings. The van der Waals surface area contributed by atoms with Gasteiger partial charge >= 0.3 is 0 Å². The van der Waals surface area contributed by atoms with Gasteiger partial charge < -0.3 is 15.4 Å². The fraction of sp³-hybridized carbons (Fsp3) is 0.190. The molecule has 0 atom stereocenters. The molecule has 0 aliphatic rings. The number of rotatable bonds is 6. The maximum atomic E-state index is 12.6. The van der Waals surface area contributed by atoms with E-state index in [1.165, 1.54) is 0 Å². The van der Waals surface area contributed by atoms with Gasteiger partial charge in [0.1, 0.15) is 23.1 Å². The molecular formula is C21H21ClN4O2. The van der Waals surface area contributed by atoms with Crippen LogP contribution in [0.1, 0.15) is 27.4 Å². The minimum Gasteiger partial charge on any atom is -0.496 e. The number of ether oxygens (including phenoxy) is 1. The summed E-state index contributed by atoms with van der Waals surface area (Å²) in [5, 5.41) is 6.73. The lowest BCUT2D eigenvalue weighted by Crippen LogP contribution is -2.24. The maximum absolute atomic E-state index is 12.6. The van der Waals surface area contributed by atoms with E-state index < -0.39 is 0 Å². The first kappa shape index (κ1) is 19.6. The van der Waals surface area contributed by atoms with Crippen LogP contribution in [-0.2, 0) is 6.54 Å². The fourth-order valence-corrected chi connectivity index (χ4v) is 2.92. The molecule has 0 saturated carbocycles. The highest BCUT2D eigenvalue weighted by Crippen LogP contribution is 2.25. The number of hydrogen-bond donors (Lipinski definition) is 2. The number of carbonyl (C=O) groups is 1. The number of nitrogens with zero attached hydrogens (tertiary/aromatic N) is 2. The molecule has 1 amide bonds. The van der Waals surface area contributed by atoms with E-state index in [2.05, 4.69) is 20.6 Å². The Morgan fingerprint density at radius 2 is 1.89 bits per heavy atom. The van der Waals surface area contributed by atoms with E-state index >= 15 is 0 Å². The van der Waals surface area contributed by atoms with Gasteiger partial charge in [0.25, 0.3) is 5.91 Å². The van der Waals surface area contributed by atoms with Crippen LogP contribution in [0.25, 0.3) is 0 Å². The third-order valence-corrected chi connectivity index (χ3v) is 4.64. The van der Waals surface area contributed by atoms with Crippen molar-refractivity contribution in [2.24, 2.45) is 0 Å². The number of anilines is 2. The first-order chi connectivity index (χ1) is 13.5. The molecule has 0 aliphatic heterocycles. The summed E-state index contributed by atoms with van der Waals surface area (Å²) in [5.41, 5.74) is 2.90. The lowest BCUT2D eigenvalue weighted by atomic mass is 10.2. The predicted octanol–water partition coefficient (Wildman–Crippen LogP) is 4.43. The molecular weight excluding hydrogens is 376 g/mol. The Labute approximate surface area is 168 Å². The first-order valence-corrected chi connectivity index (χ1v) is 9.13. The Morgan fingerprint density at radius 1 is 1.11 bits per heavy atom. The highest BCUT2D eigenvalue weighted by molar-refractivity contribution is 6.31. The average Bonchev–Trinajstić information content (AvgIpc) is 2.69. The Bertz CT molecular complexity index is 1010. The van der Waals surface area contributed by atoms with E-state index in [1.54, 1.807) is 20.1 Å². The molecule has 1 heterocycles. The summed E-state index contributed by atoms with van der Waals surface area (Å²) >= 11 is 6.17. The molecule has 7 heteroatoms. The number of nitrogens with one attached hydrogen (secondary N) is 2. The third-order valence-electron chi connectivity index (χ3n) is 4.23. The van der Waals surface area contributed by atoms with Gasteiger partial charge in [0.05, 0.1) is 7.11 Å². The molecule has 2 aromatic carbocycles. The van der Waals surface area contributed by atoms with Crippen LogP contribution in [0.3, 0.4) is 0 Å². The highest BCUT2D eigenvalue weighted by atomic mass is 35.5. The van der Waals surface area contributed by atoms with E-state index in [0.29, 0.717) is 23.2 Å². The lowest BCUT2D eigenvalue weighted by molar-refractivity contribution is 0.0945. The van der Waals surface area contributed by atoms with E-state index in [9.17, 15) is 4.79 Å².